The van der Waals surface area contributed by atoms with Crippen molar-refractivity contribution in [3.05, 3.63) is 53.6 Å². The predicted molar refractivity (Wildman–Crippen MR) is 85.8 cm³/mol. The lowest BCUT2D eigenvalue weighted by atomic mass is 10.1. The quantitative estimate of drug-likeness (QED) is 0.882. The van der Waals surface area contributed by atoms with Crippen molar-refractivity contribution in [1.29, 1.82) is 0 Å². The monoisotopic (exact) mass is 284 g/mol. The highest BCUT2D eigenvalue weighted by Gasteiger charge is 2.06. The van der Waals surface area contributed by atoms with Gasteiger partial charge in [-0.3, -0.25) is 4.79 Å². The van der Waals surface area contributed by atoms with Crippen molar-refractivity contribution in [2.45, 2.75) is 20.4 Å². The molecule has 2 rings (SSSR count). The highest BCUT2D eigenvalue weighted by atomic mass is 16.5. The minimum absolute atomic E-state index is 0.0926. The van der Waals surface area contributed by atoms with E-state index in [-0.39, 0.29) is 5.91 Å². The van der Waals surface area contributed by atoms with Crippen LogP contribution in [0.3, 0.4) is 0 Å². The summed E-state index contributed by atoms with van der Waals surface area (Å²) in [5.74, 6) is 0.655. The van der Waals surface area contributed by atoms with Crippen LogP contribution in [-0.4, -0.2) is 13.0 Å². The molecule has 0 fully saturated rings. The van der Waals surface area contributed by atoms with Crippen LogP contribution in [-0.2, 0) is 11.3 Å². The van der Waals surface area contributed by atoms with Gasteiger partial charge in [0.2, 0.25) is 5.91 Å². The summed E-state index contributed by atoms with van der Waals surface area (Å²) in [5.41, 5.74) is 4.06. The molecular weight excluding hydrogens is 264 g/mol. The Kier molecular flexibility index (Phi) is 4.82. The second-order valence-corrected chi connectivity index (χ2v) is 4.88. The SMILES string of the molecule is COc1ccc(NC(C)=O)cc1NCc1ccccc1C. The molecule has 4 heteroatoms. The highest BCUT2D eigenvalue weighted by Crippen LogP contribution is 2.28. The Morgan fingerprint density at radius 2 is 1.95 bits per heavy atom. The van der Waals surface area contributed by atoms with Crippen molar-refractivity contribution in [2.24, 2.45) is 0 Å². The molecule has 0 aliphatic rings. The normalized spacial score (nSPS) is 10.0. The van der Waals surface area contributed by atoms with E-state index in [1.807, 2.05) is 30.3 Å². The lowest BCUT2D eigenvalue weighted by molar-refractivity contribution is -0.114. The van der Waals surface area contributed by atoms with Crippen LogP contribution < -0.4 is 15.4 Å². The number of nitrogens with one attached hydrogen (secondary N) is 2. The molecule has 0 aromatic heterocycles. The van der Waals surface area contributed by atoms with Crippen LogP contribution in [0.5, 0.6) is 5.75 Å². The largest absolute Gasteiger partial charge is 0.495 e. The van der Waals surface area contributed by atoms with E-state index in [1.165, 1.54) is 18.1 Å². The number of hydrogen-bond acceptors (Lipinski definition) is 3. The number of methoxy groups -OCH3 is 1. The maximum absolute atomic E-state index is 11.1. The second-order valence-electron chi connectivity index (χ2n) is 4.88. The number of amides is 1. The number of benzene rings is 2. The summed E-state index contributed by atoms with van der Waals surface area (Å²) in [6.45, 7) is 4.28. The van der Waals surface area contributed by atoms with Crippen molar-refractivity contribution >= 4 is 17.3 Å². The Labute approximate surface area is 125 Å². The Morgan fingerprint density at radius 1 is 1.19 bits per heavy atom. The van der Waals surface area contributed by atoms with Crippen molar-refractivity contribution in [1.82, 2.24) is 0 Å². The molecule has 2 aromatic carbocycles. The molecule has 2 aromatic rings. The molecule has 0 radical (unpaired) electrons. The molecule has 0 aliphatic heterocycles. The second kappa shape index (κ2) is 6.79. The van der Waals surface area contributed by atoms with Crippen molar-refractivity contribution in [3.63, 3.8) is 0 Å². The first-order valence-electron chi connectivity index (χ1n) is 6.84. The van der Waals surface area contributed by atoms with Gasteiger partial charge in [-0.15, -0.1) is 0 Å². The van der Waals surface area contributed by atoms with Gasteiger partial charge in [-0.1, -0.05) is 24.3 Å². The molecule has 0 bridgehead atoms. The van der Waals surface area contributed by atoms with Crippen LogP contribution in [0.4, 0.5) is 11.4 Å². The molecule has 0 saturated heterocycles. The fraction of sp³-hybridized carbons (Fsp3) is 0.235. The lowest BCUT2D eigenvalue weighted by Crippen LogP contribution is -2.07. The number of anilines is 2. The molecular formula is C17H20N2O2. The molecule has 0 atom stereocenters. The van der Waals surface area contributed by atoms with Crippen LogP contribution in [0.2, 0.25) is 0 Å². The van der Waals surface area contributed by atoms with Gasteiger partial charge in [0.05, 0.1) is 12.8 Å². The van der Waals surface area contributed by atoms with Crippen molar-refractivity contribution < 1.29 is 9.53 Å². The number of carbonyl (C=O) groups is 1. The van der Waals surface area contributed by atoms with E-state index in [2.05, 4.69) is 29.7 Å². The van der Waals surface area contributed by atoms with Gasteiger partial charge in [-0.05, 0) is 36.2 Å². The van der Waals surface area contributed by atoms with Gasteiger partial charge >= 0.3 is 0 Å². The van der Waals surface area contributed by atoms with Crippen LogP contribution in [0.25, 0.3) is 0 Å². The van der Waals surface area contributed by atoms with E-state index in [4.69, 9.17) is 4.74 Å². The third kappa shape index (κ3) is 3.99. The Hall–Kier alpha value is -2.49. The zero-order valence-corrected chi connectivity index (χ0v) is 12.6. The molecule has 0 spiro atoms. The number of carbonyl (C=O) groups excluding carboxylic acids is 1. The third-order valence-corrected chi connectivity index (χ3v) is 3.25. The molecule has 0 aliphatic carbocycles. The van der Waals surface area contributed by atoms with E-state index >= 15 is 0 Å². The zero-order valence-electron chi connectivity index (χ0n) is 12.6. The van der Waals surface area contributed by atoms with Crippen LogP contribution in [0, 0.1) is 6.92 Å². The third-order valence-electron chi connectivity index (χ3n) is 3.25. The molecule has 0 saturated carbocycles. The molecule has 0 unspecified atom stereocenters. The maximum atomic E-state index is 11.1. The molecule has 1 amide bonds. The number of hydrogen-bond donors (Lipinski definition) is 2. The fourth-order valence-corrected chi connectivity index (χ4v) is 2.13. The van der Waals surface area contributed by atoms with E-state index in [1.54, 1.807) is 7.11 Å². The number of aryl methyl sites for hydroxylation is 1. The summed E-state index contributed by atoms with van der Waals surface area (Å²) in [6, 6.07) is 13.8. The van der Waals surface area contributed by atoms with Gasteiger partial charge < -0.3 is 15.4 Å². The Morgan fingerprint density at radius 3 is 2.62 bits per heavy atom. The molecule has 4 nitrogen and oxygen atoms in total. The first-order chi connectivity index (χ1) is 10.1. The van der Waals surface area contributed by atoms with Gasteiger partial charge in [0, 0.05) is 19.2 Å². The van der Waals surface area contributed by atoms with Crippen molar-refractivity contribution in [2.75, 3.05) is 17.7 Å². The molecule has 21 heavy (non-hydrogen) atoms. The van der Waals surface area contributed by atoms with Gasteiger partial charge in [-0.2, -0.15) is 0 Å². The topological polar surface area (TPSA) is 50.4 Å². The molecule has 0 heterocycles. The fourth-order valence-electron chi connectivity index (χ4n) is 2.13. The predicted octanol–water partition coefficient (Wildman–Crippen LogP) is 3.57. The molecule has 110 valence electrons. The highest BCUT2D eigenvalue weighted by molar-refractivity contribution is 5.89. The van der Waals surface area contributed by atoms with Crippen molar-refractivity contribution in [3.8, 4) is 5.75 Å². The van der Waals surface area contributed by atoms with E-state index in [0.29, 0.717) is 6.54 Å². The summed E-state index contributed by atoms with van der Waals surface area (Å²) >= 11 is 0. The average Bonchev–Trinajstić information content (AvgIpc) is 2.46. The van der Waals surface area contributed by atoms with Gasteiger partial charge in [0.25, 0.3) is 0 Å². The zero-order chi connectivity index (χ0) is 15.2. The Bertz CT molecular complexity index is 638. The van der Waals surface area contributed by atoms with Gasteiger partial charge in [0.1, 0.15) is 5.75 Å². The summed E-state index contributed by atoms with van der Waals surface area (Å²) < 4.78 is 5.35. The lowest BCUT2D eigenvalue weighted by Gasteiger charge is -2.14. The number of ether oxygens (including phenoxy) is 1. The van der Waals surface area contributed by atoms with Gasteiger partial charge in [-0.25, -0.2) is 0 Å². The van der Waals surface area contributed by atoms with E-state index in [0.717, 1.165) is 17.1 Å². The first kappa shape index (κ1) is 14.9. The standard InChI is InChI=1S/C17H20N2O2/c1-12-6-4-5-7-14(12)11-18-16-10-15(19-13(2)20)8-9-17(16)21-3/h4-10,18H,11H2,1-3H3,(H,19,20). The van der Waals surface area contributed by atoms with Crippen LogP contribution in [0.1, 0.15) is 18.1 Å². The summed E-state index contributed by atoms with van der Waals surface area (Å²) in [6.07, 6.45) is 0. The van der Waals surface area contributed by atoms with Crippen LogP contribution in [0.15, 0.2) is 42.5 Å². The Balaban J connectivity index is 2.17. The van der Waals surface area contributed by atoms with E-state index < -0.39 is 0 Å². The summed E-state index contributed by atoms with van der Waals surface area (Å²) in [5, 5.41) is 6.13. The maximum Gasteiger partial charge on any atom is 0.221 e. The average molecular weight is 284 g/mol. The molecule has 2 N–H and O–H groups in total. The minimum Gasteiger partial charge on any atom is -0.495 e. The summed E-state index contributed by atoms with van der Waals surface area (Å²) in [7, 11) is 1.63. The van der Waals surface area contributed by atoms with Crippen LogP contribution >= 0.6 is 0 Å². The minimum atomic E-state index is -0.0926. The number of rotatable bonds is 5. The summed E-state index contributed by atoms with van der Waals surface area (Å²) in [4.78, 5) is 11.1. The first-order valence-corrected chi connectivity index (χ1v) is 6.84. The van der Waals surface area contributed by atoms with Gasteiger partial charge in [0.15, 0.2) is 0 Å². The van der Waals surface area contributed by atoms with E-state index in [9.17, 15) is 4.79 Å². The smallest absolute Gasteiger partial charge is 0.221 e.